The van der Waals surface area contributed by atoms with Crippen molar-refractivity contribution >= 4 is 11.9 Å². The number of methoxy groups -OCH3 is 1. The molecule has 5 nitrogen and oxygen atoms in total. The van der Waals surface area contributed by atoms with Crippen molar-refractivity contribution < 1.29 is 32.6 Å². The summed E-state index contributed by atoms with van der Waals surface area (Å²) in [6, 6.07) is 9.14. The maximum Gasteiger partial charge on any atom is 0.416 e. The van der Waals surface area contributed by atoms with Crippen molar-refractivity contribution in [2.75, 3.05) is 7.11 Å². The third kappa shape index (κ3) is 4.75. The highest BCUT2D eigenvalue weighted by atomic mass is 19.4. The predicted octanol–water partition coefficient (Wildman–Crippen LogP) is 3.14. The van der Waals surface area contributed by atoms with Gasteiger partial charge in [0.15, 0.2) is 0 Å². The second-order valence-electron chi connectivity index (χ2n) is 5.46. The van der Waals surface area contributed by atoms with Crippen LogP contribution in [0.25, 0.3) is 0 Å². The molecule has 2 aromatic carbocycles. The molecule has 2 N–H and O–H groups in total. The van der Waals surface area contributed by atoms with E-state index in [0.717, 1.165) is 12.1 Å². The van der Waals surface area contributed by atoms with E-state index in [-0.39, 0.29) is 12.0 Å². The van der Waals surface area contributed by atoms with Crippen molar-refractivity contribution in [3.05, 3.63) is 65.2 Å². The summed E-state index contributed by atoms with van der Waals surface area (Å²) < 4.78 is 43.4. The van der Waals surface area contributed by atoms with E-state index in [1.54, 1.807) is 24.3 Å². The summed E-state index contributed by atoms with van der Waals surface area (Å²) in [6.45, 7) is 0. The smallest absolute Gasteiger partial charge is 0.416 e. The van der Waals surface area contributed by atoms with Crippen LogP contribution in [0.1, 0.15) is 21.5 Å². The third-order valence-electron chi connectivity index (χ3n) is 3.67. The molecular weight excluding hydrogens is 351 g/mol. The van der Waals surface area contributed by atoms with E-state index in [1.807, 2.05) is 0 Å². The molecule has 0 unspecified atom stereocenters. The molecule has 0 saturated carbocycles. The van der Waals surface area contributed by atoms with Gasteiger partial charge in [0.1, 0.15) is 11.8 Å². The van der Waals surface area contributed by atoms with Crippen LogP contribution in [0.15, 0.2) is 48.5 Å². The van der Waals surface area contributed by atoms with E-state index in [2.05, 4.69) is 5.32 Å². The quantitative estimate of drug-likeness (QED) is 0.823. The number of aliphatic carboxylic acids is 1. The van der Waals surface area contributed by atoms with Crippen LogP contribution in [0.2, 0.25) is 0 Å². The van der Waals surface area contributed by atoms with Crippen molar-refractivity contribution in [1.29, 1.82) is 0 Å². The second kappa shape index (κ2) is 7.90. The second-order valence-corrected chi connectivity index (χ2v) is 5.46. The van der Waals surface area contributed by atoms with Crippen LogP contribution in [0, 0.1) is 0 Å². The first-order valence-corrected chi connectivity index (χ1v) is 7.55. The molecule has 0 aromatic heterocycles. The number of alkyl halides is 3. The topological polar surface area (TPSA) is 75.6 Å². The van der Waals surface area contributed by atoms with Crippen LogP contribution >= 0.6 is 0 Å². The van der Waals surface area contributed by atoms with Gasteiger partial charge in [0.2, 0.25) is 0 Å². The molecule has 8 heteroatoms. The molecule has 0 radical (unpaired) electrons. The van der Waals surface area contributed by atoms with Gasteiger partial charge in [0.05, 0.1) is 12.7 Å². The minimum absolute atomic E-state index is 0.0793. The number of rotatable bonds is 6. The summed E-state index contributed by atoms with van der Waals surface area (Å²) in [5.74, 6) is -1.76. The lowest BCUT2D eigenvalue weighted by atomic mass is 10.0. The fourth-order valence-electron chi connectivity index (χ4n) is 2.37. The fourth-order valence-corrected chi connectivity index (χ4v) is 2.37. The van der Waals surface area contributed by atoms with Crippen molar-refractivity contribution in [2.24, 2.45) is 0 Å². The Hall–Kier alpha value is -3.03. The molecule has 0 saturated heterocycles. The molecule has 1 amide bonds. The summed E-state index contributed by atoms with van der Waals surface area (Å²) in [4.78, 5) is 23.7. The highest BCUT2D eigenvalue weighted by molar-refractivity contribution is 5.96. The van der Waals surface area contributed by atoms with Gasteiger partial charge >= 0.3 is 12.1 Å². The molecule has 0 spiro atoms. The summed E-state index contributed by atoms with van der Waals surface area (Å²) in [7, 11) is 1.43. The lowest BCUT2D eigenvalue weighted by Crippen LogP contribution is -2.42. The Balaban J connectivity index is 2.20. The van der Waals surface area contributed by atoms with Crippen molar-refractivity contribution in [2.45, 2.75) is 18.6 Å². The number of ether oxygens (including phenoxy) is 1. The Bertz CT molecular complexity index is 805. The zero-order valence-electron chi connectivity index (χ0n) is 13.7. The van der Waals surface area contributed by atoms with Gasteiger partial charge in [0.25, 0.3) is 5.91 Å². The number of carbonyl (C=O) groups excluding carboxylic acids is 1. The zero-order chi connectivity index (χ0) is 19.3. The van der Waals surface area contributed by atoms with Crippen LogP contribution in [-0.4, -0.2) is 30.1 Å². The van der Waals surface area contributed by atoms with Gasteiger partial charge in [0, 0.05) is 12.0 Å². The van der Waals surface area contributed by atoms with Crippen LogP contribution in [0.3, 0.4) is 0 Å². The standard InChI is InChI=1S/C18H16F3NO4/c1-26-15-8-3-2-5-11(15)10-14(17(24)25)22-16(23)12-6-4-7-13(9-12)18(19,20)21/h2-9,14H,10H2,1H3,(H,22,23)(H,24,25)/t14-/m1/s1. The molecule has 138 valence electrons. The Morgan fingerprint density at radius 1 is 1.15 bits per heavy atom. The van der Waals surface area contributed by atoms with Gasteiger partial charge in [-0.1, -0.05) is 24.3 Å². The van der Waals surface area contributed by atoms with Crippen LogP contribution in [0.5, 0.6) is 5.75 Å². The van der Waals surface area contributed by atoms with Crippen molar-refractivity contribution in [1.82, 2.24) is 5.32 Å². The minimum atomic E-state index is -4.60. The first-order valence-electron chi connectivity index (χ1n) is 7.55. The summed E-state index contributed by atoms with van der Waals surface area (Å²) in [5.41, 5.74) is -0.709. The Labute approximate surface area is 147 Å². The predicted molar refractivity (Wildman–Crippen MR) is 87.0 cm³/mol. The van der Waals surface area contributed by atoms with Gasteiger partial charge in [-0.15, -0.1) is 0 Å². The SMILES string of the molecule is COc1ccccc1C[C@@H](NC(=O)c1cccc(C(F)(F)F)c1)C(=O)O. The van der Waals surface area contributed by atoms with Gasteiger partial charge in [-0.3, -0.25) is 4.79 Å². The largest absolute Gasteiger partial charge is 0.496 e. The highest BCUT2D eigenvalue weighted by Gasteiger charge is 2.31. The summed E-state index contributed by atoms with van der Waals surface area (Å²) in [6.07, 6.45) is -4.68. The lowest BCUT2D eigenvalue weighted by Gasteiger charge is -2.17. The normalized spacial score (nSPS) is 12.3. The Morgan fingerprint density at radius 3 is 2.46 bits per heavy atom. The van der Waals surface area contributed by atoms with Crippen LogP contribution in [-0.2, 0) is 17.4 Å². The van der Waals surface area contributed by atoms with Gasteiger partial charge < -0.3 is 15.2 Å². The summed E-state index contributed by atoms with van der Waals surface area (Å²) >= 11 is 0. The first kappa shape index (κ1) is 19.3. The molecule has 0 aliphatic carbocycles. The molecule has 0 heterocycles. The maximum atomic E-state index is 12.8. The highest BCUT2D eigenvalue weighted by Crippen LogP contribution is 2.29. The van der Waals surface area contributed by atoms with E-state index in [4.69, 9.17) is 4.74 Å². The number of carboxylic acids is 1. The maximum absolute atomic E-state index is 12.8. The molecule has 1 atom stereocenters. The number of halogens is 3. The monoisotopic (exact) mass is 367 g/mol. The number of amides is 1. The lowest BCUT2D eigenvalue weighted by molar-refractivity contribution is -0.139. The molecule has 0 fully saturated rings. The van der Waals surface area contributed by atoms with E-state index < -0.39 is 29.7 Å². The van der Waals surface area contributed by atoms with E-state index in [1.165, 1.54) is 13.2 Å². The average Bonchev–Trinajstić information content (AvgIpc) is 2.60. The summed E-state index contributed by atoms with van der Waals surface area (Å²) in [5, 5.41) is 11.6. The fraction of sp³-hybridized carbons (Fsp3) is 0.222. The van der Waals surface area contributed by atoms with Crippen LogP contribution in [0.4, 0.5) is 13.2 Å². The molecular formula is C18H16F3NO4. The number of nitrogens with one attached hydrogen (secondary N) is 1. The van der Waals surface area contributed by atoms with E-state index >= 15 is 0 Å². The molecule has 2 rings (SSSR count). The molecule has 26 heavy (non-hydrogen) atoms. The van der Waals surface area contributed by atoms with Gasteiger partial charge in [-0.05, 0) is 29.8 Å². The number of benzene rings is 2. The Kier molecular flexibility index (Phi) is 5.86. The van der Waals surface area contributed by atoms with Crippen LogP contribution < -0.4 is 10.1 Å². The minimum Gasteiger partial charge on any atom is -0.496 e. The molecule has 0 aliphatic rings. The number of carboxylic acid groups (broad SMARTS) is 1. The third-order valence-corrected chi connectivity index (χ3v) is 3.67. The molecule has 2 aromatic rings. The Morgan fingerprint density at radius 2 is 1.85 bits per heavy atom. The van der Waals surface area contributed by atoms with Gasteiger partial charge in [-0.25, -0.2) is 4.79 Å². The number of para-hydroxylation sites is 1. The van der Waals surface area contributed by atoms with Crippen molar-refractivity contribution in [3.63, 3.8) is 0 Å². The van der Waals surface area contributed by atoms with E-state index in [9.17, 15) is 27.9 Å². The zero-order valence-corrected chi connectivity index (χ0v) is 13.7. The van der Waals surface area contributed by atoms with Gasteiger partial charge in [-0.2, -0.15) is 13.2 Å². The molecule has 0 aliphatic heterocycles. The first-order chi connectivity index (χ1) is 12.2. The average molecular weight is 367 g/mol. The molecule has 0 bridgehead atoms. The van der Waals surface area contributed by atoms with Crippen molar-refractivity contribution in [3.8, 4) is 5.75 Å². The number of carbonyl (C=O) groups is 2. The van der Waals surface area contributed by atoms with E-state index in [0.29, 0.717) is 17.4 Å². The number of hydrogen-bond donors (Lipinski definition) is 2. The number of hydrogen-bond acceptors (Lipinski definition) is 3.